The second-order valence-electron chi connectivity index (χ2n) is 9.38. The Hall–Kier alpha value is -0.280. The summed E-state index contributed by atoms with van der Waals surface area (Å²) in [5.41, 5.74) is 1.60. The van der Waals surface area contributed by atoms with E-state index in [1.807, 2.05) is 6.07 Å². The van der Waals surface area contributed by atoms with E-state index in [1.54, 1.807) is 0 Å². The summed E-state index contributed by atoms with van der Waals surface area (Å²) in [6, 6.07) is 6.82. The average molecular weight is 425 g/mol. The topological polar surface area (TPSA) is 15.3 Å². The van der Waals surface area contributed by atoms with Crippen LogP contribution in [0.1, 0.15) is 77.2 Å². The minimum absolute atomic E-state index is 0.228. The Labute approximate surface area is 182 Å². The Morgan fingerprint density at radius 3 is 2.36 bits per heavy atom. The fraction of sp³-hybridized carbons (Fsp3) is 0.750. The molecule has 0 amide bonds. The van der Waals surface area contributed by atoms with E-state index in [4.69, 9.17) is 23.2 Å². The van der Waals surface area contributed by atoms with Crippen molar-refractivity contribution in [3.8, 4) is 0 Å². The van der Waals surface area contributed by atoms with E-state index in [-0.39, 0.29) is 5.41 Å². The molecular weight excluding hydrogens is 387 g/mol. The highest BCUT2D eigenvalue weighted by Gasteiger charge is 2.45. The molecule has 158 valence electrons. The van der Waals surface area contributed by atoms with Crippen molar-refractivity contribution in [2.45, 2.75) is 83.1 Å². The van der Waals surface area contributed by atoms with Gasteiger partial charge in [-0.2, -0.15) is 0 Å². The van der Waals surface area contributed by atoms with E-state index in [9.17, 15) is 0 Å². The smallest absolute Gasteiger partial charge is 0.0595 e. The molecule has 1 unspecified atom stereocenters. The van der Waals surface area contributed by atoms with Gasteiger partial charge in [0, 0.05) is 11.5 Å². The predicted molar refractivity (Wildman–Crippen MR) is 123 cm³/mol. The molecule has 1 saturated carbocycles. The largest absolute Gasteiger partial charge is 0.313 e. The third-order valence-electron chi connectivity index (χ3n) is 6.85. The van der Waals surface area contributed by atoms with Crippen LogP contribution in [0.4, 0.5) is 0 Å². The van der Waals surface area contributed by atoms with Gasteiger partial charge in [-0.15, -0.1) is 0 Å². The highest BCUT2D eigenvalue weighted by Crippen LogP contribution is 2.49. The summed E-state index contributed by atoms with van der Waals surface area (Å²) in [6.07, 6.45) is 11.8. The van der Waals surface area contributed by atoms with Gasteiger partial charge in [-0.1, -0.05) is 56.0 Å². The number of unbranched alkanes of at least 4 members (excludes halogenated alkanes) is 1. The van der Waals surface area contributed by atoms with Gasteiger partial charge in [0.1, 0.15) is 0 Å². The Balaban J connectivity index is 1.57. The number of hydrogen-bond donors (Lipinski definition) is 1. The molecule has 3 rings (SSSR count). The first-order valence-electron chi connectivity index (χ1n) is 11.4. The van der Waals surface area contributed by atoms with Gasteiger partial charge in [0.05, 0.1) is 10.0 Å². The zero-order chi connectivity index (χ0) is 20.0. The van der Waals surface area contributed by atoms with Crippen LogP contribution in [0.5, 0.6) is 0 Å². The van der Waals surface area contributed by atoms with Crippen molar-refractivity contribution in [2.75, 3.05) is 26.2 Å². The molecule has 0 radical (unpaired) electrons. The summed E-state index contributed by atoms with van der Waals surface area (Å²) >= 11 is 12.6. The Morgan fingerprint density at radius 2 is 1.75 bits per heavy atom. The molecule has 2 aliphatic rings. The summed E-state index contributed by atoms with van der Waals surface area (Å²) in [6.45, 7) is 9.69. The van der Waals surface area contributed by atoms with Crippen LogP contribution in [0, 0.1) is 5.92 Å². The fourth-order valence-electron chi connectivity index (χ4n) is 5.10. The molecule has 1 saturated heterocycles. The first-order valence-corrected chi connectivity index (χ1v) is 12.2. The van der Waals surface area contributed by atoms with Crippen LogP contribution >= 0.6 is 23.2 Å². The number of piperidine rings is 1. The van der Waals surface area contributed by atoms with Crippen LogP contribution < -0.4 is 5.32 Å². The zero-order valence-electron chi connectivity index (χ0n) is 17.8. The first kappa shape index (κ1) is 22.4. The first-order chi connectivity index (χ1) is 13.5. The van der Waals surface area contributed by atoms with Crippen molar-refractivity contribution in [3.63, 3.8) is 0 Å². The second-order valence-corrected chi connectivity index (χ2v) is 10.2. The summed E-state index contributed by atoms with van der Waals surface area (Å²) < 4.78 is 0. The molecular formula is C24H38Cl2N2. The lowest BCUT2D eigenvalue weighted by atomic mass is 9.59. The van der Waals surface area contributed by atoms with Crippen LogP contribution in [0.15, 0.2) is 18.2 Å². The number of rotatable bonds is 10. The molecule has 1 aliphatic carbocycles. The van der Waals surface area contributed by atoms with Crippen molar-refractivity contribution in [1.29, 1.82) is 0 Å². The van der Waals surface area contributed by atoms with Crippen LogP contribution in [0.3, 0.4) is 0 Å². The quantitative estimate of drug-likeness (QED) is 0.420. The summed E-state index contributed by atoms with van der Waals surface area (Å²) in [5, 5.41) is 5.32. The highest BCUT2D eigenvalue weighted by molar-refractivity contribution is 6.42. The van der Waals surface area contributed by atoms with Crippen LogP contribution in [-0.2, 0) is 5.41 Å². The highest BCUT2D eigenvalue weighted by atomic mass is 35.5. The maximum atomic E-state index is 6.37. The SMILES string of the molecule is CC(C)CC(NCCCCN1CCCCC1)C1(c2ccc(Cl)c(Cl)c2)CCC1. The predicted octanol–water partition coefficient (Wildman–Crippen LogP) is 6.69. The van der Waals surface area contributed by atoms with Crippen molar-refractivity contribution in [2.24, 2.45) is 5.92 Å². The normalized spacial score (nSPS) is 20.9. The van der Waals surface area contributed by atoms with Gasteiger partial charge >= 0.3 is 0 Å². The Bertz CT molecular complexity index is 607. The van der Waals surface area contributed by atoms with Gasteiger partial charge < -0.3 is 10.2 Å². The van der Waals surface area contributed by atoms with E-state index in [2.05, 4.69) is 36.2 Å². The zero-order valence-corrected chi connectivity index (χ0v) is 19.3. The van der Waals surface area contributed by atoms with Crippen molar-refractivity contribution < 1.29 is 0 Å². The molecule has 2 fully saturated rings. The van der Waals surface area contributed by atoms with Crippen LogP contribution in [-0.4, -0.2) is 37.1 Å². The lowest BCUT2D eigenvalue weighted by molar-refractivity contribution is 0.150. The molecule has 1 atom stereocenters. The Morgan fingerprint density at radius 1 is 1.00 bits per heavy atom. The lowest BCUT2D eigenvalue weighted by Gasteiger charge is -2.49. The van der Waals surface area contributed by atoms with E-state index < -0.39 is 0 Å². The minimum atomic E-state index is 0.228. The van der Waals surface area contributed by atoms with Gasteiger partial charge in [-0.3, -0.25) is 0 Å². The van der Waals surface area contributed by atoms with Gasteiger partial charge in [-0.05, 0) is 94.7 Å². The van der Waals surface area contributed by atoms with Crippen LogP contribution in [0.25, 0.3) is 0 Å². The molecule has 2 nitrogen and oxygen atoms in total. The molecule has 0 bridgehead atoms. The molecule has 1 aromatic carbocycles. The summed E-state index contributed by atoms with van der Waals surface area (Å²) in [4.78, 5) is 2.65. The monoisotopic (exact) mass is 424 g/mol. The standard InChI is InChI=1S/C24H38Cl2N2/c1-19(2)17-23(27-13-4-7-16-28-14-5-3-6-15-28)24(11-8-12-24)20-9-10-21(25)22(26)18-20/h9-10,18-19,23,27H,3-8,11-17H2,1-2H3. The third kappa shape index (κ3) is 5.65. The molecule has 1 N–H and O–H groups in total. The summed E-state index contributed by atoms with van der Waals surface area (Å²) in [5.74, 6) is 0.686. The van der Waals surface area contributed by atoms with E-state index >= 15 is 0 Å². The molecule has 1 heterocycles. The van der Waals surface area contributed by atoms with Gasteiger partial charge in [-0.25, -0.2) is 0 Å². The Kier molecular flexibility index (Phi) is 8.53. The number of nitrogens with zero attached hydrogens (tertiary/aromatic N) is 1. The maximum absolute atomic E-state index is 6.37. The van der Waals surface area contributed by atoms with E-state index in [1.165, 1.54) is 83.0 Å². The molecule has 28 heavy (non-hydrogen) atoms. The molecule has 1 aliphatic heterocycles. The number of likely N-dealkylation sites (tertiary alicyclic amines) is 1. The molecule has 4 heteroatoms. The van der Waals surface area contributed by atoms with E-state index in [0.29, 0.717) is 22.0 Å². The van der Waals surface area contributed by atoms with Crippen molar-refractivity contribution in [3.05, 3.63) is 33.8 Å². The van der Waals surface area contributed by atoms with Crippen molar-refractivity contribution >= 4 is 23.2 Å². The van der Waals surface area contributed by atoms with Crippen LogP contribution in [0.2, 0.25) is 10.0 Å². The maximum Gasteiger partial charge on any atom is 0.0595 e. The second kappa shape index (κ2) is 10.7. The number of hydrogen-bond acceptors (Lipinski definition) is 2. The summed E-state index contributed by atoms with van der Waals surface area (Å²) in [7, 11) is 0. The molecule has 0 aromatic heterocycles. The van der Waals surface area contributed by atoms with Gasteiger partial charge in [0.25, 0.3) is 0 Å². The minimum Gasteiger partial charge on any atom is -0.313 e. The third-order valence-corrected chi connectivity index (χ3v) is 7.59. The average Bonchev–Trinajstić information content (AvgIpc) is 2.63. The number of benzene rings is 1. The molecule has 1 aromatic rings. The van der Waals surface area contributed by atoms with Gasteiger partial charge in [0.2, 0.25) is 0 Å². The van der Waals surface area contributed by atoms with Gasteiger partial charge in [0.15, 0.2) is 0 Å². The molecule has 0 spiro atoms. The number of nitrogens with one attached hydrogen (secondary N) is 1. The lowest BCUT2D eigenvalue weighted by Crippen LogP contribution is -2.53. The number of halogens is 2. The fourth-order valence-corrected chi connectivity index (χ4v) is 5.40. The van der Waals surface area contributed by atoms with E-state index in [0.717, 1.165) is 6.54 Å². The van der Waals surface area contributed by atoms with Crippen molar-refractivity contribution in [1.82, 2.24) is 10.2 Å².